The second-order valence-corrected chi connectivity index (χ2v) is 12.4. The van der Waals surface area contributed by atoms with Crippen LogP contribution in [0.4, 0.5) is 11.4 Å². The van der Waals surface area contributed by atoms with Gasteiger partial charge in [-0.15, -0.1) is 0 Å². The summed E-state index contributed by atoms with van der Waals surface area (Å²) in [6, 6.07) is 17.7. The first-order valence-electron chi connectivity index (χ1n) is 12.5. The number of fused-ring (bicyclic) bond motifs is 6. The topological polar surface area (TPSA) is 67.3 Å². The van der Waals surface area contributed by atoms with Gasteiger partial charge < -0.3 is 14.9 Å². The Morgan fingerprint density at radius 2 is 1.29 bits per heavy atom. The van der Waals surface area contributed by atoms with Gasteiger partial charge in [-0.2, -0.15) is 0 Å². The zero-order chi connectivity index (χ0) is 27.7. The molecule has 7 nitrogen and oxygen atoms in total. The molecule has 1 spiro atoms. The van der Waals surface area contributed by atoms with E-state index < -0.39 is 11.5 Å². The van der Waals surface area contributed by atoms with Crippen molar-refractivity contribution < 1.29 is 14.7 Å². The number of benzene rings is 3. The summed E-state index contributed by atoms with van der Waals surface area (Å²) in [5, 5.41) is 9.93. The highest BCUT2D eigenvalue weighted by Crippen LogP contribution is 2.60. The van der Waals surface area contributed by atoms with Crippen LogP contribution < -0.4 is 9.80 Å². The van der Waals surface area contributed by atoms with Gasteiger partial charge in [-0.3, -0.25) is 4.79 Å². The molecule has 0 radical (unpaired) electrons. The number of rotatable bonds is 5. The SMILES string of the molecule is CN(C)SN1C(=O)c2ccc(C(=O)O)cc2C12c1ccc(N(C)C)cc1C(C)(C)c1cc(N(C)C)ccc12. The predicted octanol–water partition coefficient (Wildman–Crippen LogP) is 5.03. The molecule has 0 saturated heterocycles. The molecule has 0 aromatic heterocycles. The fourth-order valence-electron chi connectivity index (χ4n) is 5.88. The van der Waals surface area contributed by atoms with Gasteiger partial charge in [0.1, 0.15) is 5.54 Å². The molecule has 5 rings (SSSR count). The minimum Gasteiger partial charge on any atom is -0.478 e. The number of carbonyl (C=O) groups excluding carboxylic acids is 1. The number of nitrogens with zero attached hydrogens (tertiary/aromatic N) is 4. The summed E-state index contributed by atoms with van der Waals surface area (Å²) in [7, 11) is 11.9. The maximum absolute atomic E-state index is 14.1. The summed E-state index contributed by atoms with van der Waals surface area (Å²) in [6.07, 6.45) is 0. The highest BCUT2D eigenvalue weighted by Gasteiger charge is 2.59. The van der Waals surface area contributed by atoms with E-state index in [1.807, 2.05) is 50.9 Å². The van der Waals surface area contributed by atoms with Gasteiger partial charge in [0.25, 0.3) is 5.91 Å². The average Bonchev–Trinajstić information content (AvgIpc) is 3.09. The number of carboxylic acid groups (broad SMARTS) is 1. The number of carboxylic acids is 1. The Balaban J connectivity index is 1.98. The second-order valence-electron chi connectivity index (χ2n) is 11.1. The van der Waals surface area contributed by atoms with E-state index in [0.29, 0.717) is 11.1 Å². The van der Waals surface area contributed by atoms with E-state index >= 15 is 0 Å². The monoisotopic (exact) mass is 530 g/mol. The smallest absolute Gasteiger partial charge is 0.335 e. The first-order valence-corrected chi connectivity index (χ1v) is 13.3. The first-order chi connectivity index (χ1) is 17.8. The van der Waals surface area contributed by atoms with Crippen molar-refractivity contribution in [2.45, 2.75) is 24.8 Å². The van der Waals surface area contributed by atoms with Gasteiger partial charge >= 0.3 is 5.97 Å². The maximum atomic E-state index is 14.1. The Kier molecular flexibility index (Phi) is 6.04. The zero-order valence-electron chi connectivity index (χ0n) is 23.2. The third-order valence-electron chi connectivity index (χ3n) is 7.79. The molecule has 8 heteroatoms. The number of hydrogen-bond acceptors (Lipinski definition) is 6. The van der Waals surface area contributed by atoms with Gasteiger partial charge in [0.05, 0.1) is 5.56 Å². The van der Waals surface area contributed by atoms with Crippen molar-refractivity contribution in [2.24, 2.45) is 0 Å². The van der Waals surface area contributed by atoms with E-state index in [0.717, 1.165) is 33.6 Å². The van der Waals surface area contributed by atoms with Crippen LogP contribution in [0.3, 0.4) is 0 Å². The van der Waals surface area contributed by atoms with Crippen molar-refractivity contribution in [3.05, 3.63) is 93.5 Å². The Bertz CT molecular complexity index is 1420. The average molecular weight is 531 g/mol. The summed E-state index contributed by atoms with van der Waals surface area (Å²) >= 11 is 1.34. The Hall–Kier alpha value is -3.49. The molecule has 198 valence electrons. The largest absolute Gasteiger partial charge is 0.478 e. The number of hydrogen-bond donors (Lipinski definition) is 1. The lowest BCUT2D eigenvalue weighted by molar-refractivity contribution is 0.0696. The molecule has 3 aromatic carbocycles. The minimum atomic E-state index is -1.02. The lowest BCUT2D eigenvalue weighted by atomic mass is 9.60. The highest BCUT2D eigenvalue weighted by atomic mass is 32.2. The molecule has 1 aliphatic heterocycles. The molecular weight excluding hydrogens is 496 g/mol. The fraction of sp³-hybridized carbons (Fsp3) is 0.333. The van der Waals surface area contributed by atoms with Gasteiger partial charge in [0, 0.05) is 68.2 Å². The molecular formula is C30H34N4O3S. The first kappa shape index (κ1) is 26.1. The lowest BCUT2D eigenvalue weighted by Crippen LogP contribution is -2.49. The van der Waals surface area contributed by atoms with Crippen LogP contribution >= 0.6 is 12.1 Å². The molecule has 1 N–H and O–H groups in total. The molecule has 38 heavy (non-hydrogen) atoms. The van der Waals surface area contributed by atoms with Gasteiger partial charge in [-0.1, -0.05) is 26.0 Å². The molecule has 1 aliphatic carbocycles. The van der Waals surface area contributed by atoms with Crippen LogP contribution in [0.25, 0.3) is 0 Å². The van der Waals surface area contributed by atoms with Crippen molar-refractivity contribution in [3.8, 4) is 0 Å². The van der Waals surface area contributed by atoms with Crippen LogP contribution in [-0.4, -0.2) is 67.9 Å². The van der Waals surface area contributed by atoms with Crippen molar-refractivity contribution in [3.63, 3.8) is 0 Å². The molecule has 0 fully saturated rings. The zero-order valence-corrected chi connectivity index (χ0v) is 24.0. The predicted molar refractivity (Wildman–Crippen MR) is 154 cm³/mol. The van der Waals surface area contributed by atoms with Crippen molar-refractivity contribution in [1.82, 2.24) is 8.61 Å². The lowest BCUT2D eigenvalue weighted by Gasteiger charge is -2.49. The van der Waals surface area contributed by atoms with Crippen LogP contribution in [0, 0.1) is 0 Å². The molecule has 1 amide bonds. The number of amides is 1. The van der Waals surface area contributed by atoms with E-state index in [4.69, 9.17) is 0 Å². The van der Waals surface area contributed by atoms with Crippen LogP contribution in [-0.2, 0) is 11.0 Å². The summed E-state index contributed by atoms with van der Waals surface area (Å²) in [5.41, 5.74) is 6.32. The molecule has 0 unspecified atom stereocenters. The van der Waals surface area contributed by atoms with Gasteiger partial charge in [0.2, 0.25) is 0 Å². The minimum absolute atomic E-state index is 0.138. The van der Waals surface area contributed by atoms with E-state index in [9.17, 15) is 14.7 Å². The van der Waals surface area contributed by atoms with E-state index in [1.54, 1.807) is 12.1 Å². The van der Waals surface area contributed by atoms with E-state index in [1.165, 1.54) is 18.2 Å². The molecule has 0 bridgehead atoms. The van der Waals surface area contributed by atoms with Crippen LogP contribution in [0.15, 0.2) is 54.6 Å². The summed E-state index contributed by atoms with van der Waals surface area (Å²) in [5.74, 6) is -1.16. The quantitative estimate of drug-likeness (QED) is 0.464. The summed E-state index contributed by atoms with van der Waals surface area (Å²) in [6.45, 7) is 4.45. The number of aromatic carboxylic acids is 1. The van der Waals surface area contributed by atoms with Crippen molar-refractivity contribution in [2.75, 3.05) is 52.1 Å². The summed E-state index contributed by atoms with van der Waals surface area (Å²) < 4.78 is 3.74. The van der Waals surface area contributed by atoms with Crippen LogP contribution in [0.2, 0.25) is 0 Å². The Morgan fingerprint density at radius 1 is 0.763 bits per heavy atom. The Morgan fingerprint density at radius 3 is 1.74 bits per heavy atom. The molecule has 0 saturated carbocycles. The van der Waals surface area contributed by atoms with Crippen LogP contribution in [0.1, 0.15) is 62.4 Å². The van der Waals surface area contributed by atoms with Crippen LogP contribution in [0.5, 0.6) is 0 Å². The molecule has 2 aliphatic rings. The second kappa shape index (κ2) is 8.78. The third-order valence-corrected chi connectivity index (χ3v) is 8.72. The van der Waals surface area contributed by atoms with Crippen molar-refractivity contribution >= 4 is 35.4 Å². The number of anilines is 2. The Labute approximate surface area is 228 Å². The standard InChI is InChI=1S/C30H34N4O3S/c1-29(2)25-16-19(31(3)4)10-13-22(25)30(23-14-11-20(32(5)6)17-26(23)29)24-15-18(28(36)37)9-12-21(24)27(35)34(30)38-33(7)8/h9-17H,1-8H3,(H,36,37). The third kappa shape index (κ3) is 3.54. The van der Waals surface area contributed by atoms with Gasteiger partial charge in [-0.25, -0.2) is 13.4 Å². The molecule has 1 heterocycles. The summed E-state index contributed by atoms with van der Waals surface area (Å²) in [4.78, 5) is 30.4. The van der Waals surface area contributed by atoms with E-state index in [-0.39, 0.29) is 16.9 Å². The van der Waals surface area contributed by atoms with Gasteiger partial charge in [-0.05, 0) is 78.8 Å². The molecule has 0 atom stereocenters. The van der Waals surface area contributed by atoms with Crippen molar-refractivity contribution in [1.29, 1.82) is 0 Å². The fourth-order valence-corrected chi connectivity index (χ4v) is 6.80. The highest BCUT2D eigenvalue weighted by molar-refractivity contribution is 7.95. The number of carbonyl (C=O) groups is 2. The molecule has 3 aromatic rings. The van der Waals surface area contributed by atoms with Gasteiger partial charge in [0.15, 0.2) is 0 Å². The maximum Gasteiger partial charge on any atom is 0.335 e. The van der Waals surface area contributed by atoms with E-state index in [2.05, 4.69) is 60.0 Å². The normalized spacial score (nSPS) is 16.3.